The molecule has 0 saturated carbocycles. The van der Waals surface area contributed by atoms with Crippen molar-refractivity contribution in [1.29, 1.82) is 0 Å². The number of rotatable bonds is 5. The number of thiophene rings is 1. The molecule has 1 aromatic heterocycles. The summed E-state index contributed by atoms with van der Waals surface area (Å²) in [5, 5.41) is 13.7. The predicted octanol–water partition coefficient (Wildman–Crippen LogP) is 3.49. The SMILES string of the molecule is Cc1cc(NC(=O)CSc2cccs2)ccc1C(=O)O. The molecule has 1 amide bonds. The number of aromatic carboxylic acids is 1. The lowest BCUT2D eigenvalue weighted by atomic mass is 10.1. The zero-order valence-corrected chi connectivity index (χ0v) is 12.4. The van der Waals surface area contributed by atoms with Crippen LogP contribution in [-0.4, -0.2) is 22.7 Å². The molecular weight excluding hydrogens is 294 g/mol. The first-order valence-electron chi connectivity index (χ1n) is 5.86. The fourth-order valence-corrected chi connectivity index (χ4v) is 3.25. The van der Waals surface area contributed by atoms with E-state index in [9.17, 15) is 9.59 Å². The standard InChI is InChI=1S/C14H13NO3S2/c1-9-7-10(4-5-11(9)14(17)18)15-12(16)8-20-13-3-2-6-19-13/h2-7H,8H2,1H3,(H,15,16)(H,17,18). The van der Waals surface area contributed by atoms with Crippen molar-refractivity contribution in [2.45, 2.75) is 11.1 Å². The number of thioether (sulfide) groups is 1. The summed E-state index contributed by atoms with van der Waals surface area (Å²) in [7, 11) is 0. The van der Waals surface area contributed by atoms with Gasteiger partial charge in [-0.1, -0.05) is 6.07 Å². The molecule has 2 aromatic rings. The van der Waals surface area contributed by atoms with Crippen molar-refractivity contribution in [2.75, 3.05) is 11.1 Å². The van der Waals surface area contributed by atoms with Crippen molar-refractivity contribution in [3.05, 3.63) is 46.8 Å². The van der Waals surface area contributed by atoms with E-state index in [1.807, 2.05) is 17.5 Å². The Morgan fingerprint density at radius 3 is 2.75 bits per heavy atom. The lowest BCUT2D eigenvalue weighted by Gasteiger charge is -2.07. The average Bonchev–Trinajstić information content (AvgIpc) is 2.89. The van der Waals surface area contributed by atoms with Crippen LogP contribution in [0.2, 0.25) is 0 Å². The fourth-order valence-electron chi connectivity index (χ4n) is 1.66. The van der Waals surface area contributed by atoms with Gasteiger partial charge in [0, 0.05) is 5.69 Å². The van der Waals surface area contributed by atoms with Crippen LogP contribution in [0.5, 0.6) is 0 Å². The van der Waals surface area contributed by atoms with E-state index in [-0.39, 0.29) is 11.5 Å². The summed E-state index contributed by atoms with van der Waals surface area (Å²) >= 11 is 3.08. The third-order valence-corrected chi connectivity index (χ3v) is 4.71. The van der Waals surface area contributed by atoms with E-state index in [2.05, 4.69) is 5.32 Å². The normalized spacial score (nSPS) is 10.2. The minimum atomic E-state index is -0.964. The average molecular weight is 307 g/mol. The molecule has 0 bridgehead atoms. The van der Waals surface area contributed by atoms with Gasteiger partial charge in [0.2, 0.25) is 5.91 Å². The van der Waals surface area contributed by atoms with Crippen molar-refractivity contribution >= 4 is 40.7 Å². The summed E-state index contributed by atoms with van der Waals surface area (Å²) in [5.74, 6) is -0.736. The monoisotopic (exact) mass is 307 g/mol. The van der Waals surface area contributed by atoms with Crippen molar-refractivity contribution < 1.29 is 14.7 Å². The van der Waals surface area contributed by atoms with E-state index < -0.39 is 5.97 Å². The van der Waals surface area contributed by atoms with Crippen LogP contribution in [0.15, 0.2) is 39.9 Å². The number of carboxylic acid groups (broad SMARTS) is 1. The molecule has 2 rings (SSSR count). The number of anilines is 1. The molecule has 20 heavy (non-hydrogen) atoms. The second-order valence-corrected chi connectivity index (χ2v) is 6.33. The largest absolute Gasteiger partial charge is 0.478 e. The van der Waals surface area contributed by atoms with Crippen LogP contribution >= 0.6 is 23.1 Å². The Balaban J connectivity index is 1.94. The van der Waals surface area contributed by atoms with Gasteiger partial charge in [0.1, 0.15) is 0 Å². The predicted molar refractivity (Wildman–Crippen MR) is 81.8 cm³/mol. The van der Waals surface area contributed by atoms with Crippen LogP contribution in [-0.2, 0) is 4.79 Å². The van der Waals surface area contributed by atoms with Gasteiger partial charge in [-0.15, -0.1) is 23.1 Å². The van der Waals surface area contributed by atoms with Crippen molar-refractivity contribution in [3.63, 3.8) is 0 Å². The van der Waals surface area contributed by atoms with Gasteiger partial charge in [-0.25, -0.2) is 4.79 Å². The lowest BCUT2D eigenvalue weighted by Crippen LogP contribution is -2.14. The number of carbonyl (C=O) groups excluding carboxylic acids is 1. The summed E-state index contributed by atoms with van der Waals surface area (Å²) in [6.07, 6.45) is 0. The van der Waals surface area contributed by atoms with Crippen molar-refractivity contribution in [3.8, 4) is 0 Å². The van der Waals surface area contributed by atoms with Gasteiger partial charge in [0.15, 0.2) is 0 Å². The molecule has 0 saturated heterocycles. The number of nitrogens with one attached hydrogen (secondary N) is 1. The Labute approximate surface area is 124 Å². The van der Waals surface area contributed by atoms with Crippen LogP contribution in [0.25, 0.3) is 0 Å². The van der Waals surface area contributed by atoms with Crippen molar-refractivity contribution in [2.24, 2.45) is 0 Å². The molecule has 6 heteroatoms. The first-order chi connectivity index (χ1) is 9.56. The number of benzene rings is 1. The van der Waals surface area contributed by atoms with Crippen LogP contribution in [0.3, 0.4) is 0 Å². The van der Waals surface area contributed by atoms with Gasteiger partial charge in [-0.2, -0.15) is 0 Å². The number of amides is 1. The van der Waals surface area contributed by atoms with E-state index in [4.69, 9.17) is 5.11 Å². The molecule has 0 aliphatic heterocycles. The topological polar surface area (TPSA) is 66.4 Å². The molecule has 1 heterocycles. The molecule has 0 radical (unpaired) electrons. The zero-order chi connectivity index (χ0) is 14.5. The van der Waals surface area contributed by atoms with Crippen LogP contribution in [0.1, 0.15) is 15.9 Å². The Bertz CT molecular complexity index is 623. The van der Waals surface area contributed by atoms with Gasteiger partial charge in [-0.05, 0) is 42.1 Å². The smallest absolute Gasteiger partial charge is 0.335 e. The van der Waals surface area contributed by atoms with Gasteiger partial charge < -0.3 is 10.4 Å². The highest BCUT2D eigenvalue weighted by Crippen LogP contribution is 2.23. The molecule has 0 unspecified atom stereocenters. The molecule has 0 aliphatic rings. The zero-order valence-electron chi connectivity index (χ0n) is 10.8. The molecular formula is C14H13NO3S2. The van der Waals surface area contributed by atoms with Crippen LogP contribution in [0.4, 0.5) is 5.69 Å². The summed E-state index contributed by atoms with van der Waals surface area (Å²) < 4.78 is 1.09. The highest BCUT2D eigenvalue weighted by atomic mass is 32.2. The maximum atomic E-state index is 11.8. The van der Waals surface area contributed by atoms with E-state index in [0.717, 1.165) is 4.21 Å². The second kappa shape index (κ2) is 6.58. The van der Waals surface area contributed by atoms with Crippen molar-refractivity contribution in [1.82, 2.24) is 0 Å². The second-order valence-electron chi connectivity index (χ2n) is 4.10. The van der Waals surface area contributed by atoms with E-state index in [0.29, 0.717) is 17.0 Å². The number of hydrogen-bond donors (Lipinski definition) is 2. The highest BCUT2D eigenvalue weighted by Gasteiger charge is 2.09. The fraction of sp³-hybridized carbons (Fsp3) is 0.143. The number of carbonyl (C=O) groups is 2. The lowest BCUT2D eigenvalue weighted by molar-refractivity contribution is -0.113. The third-order valence-electron chi connectivity index (χ3n) is 2.58. The molecule has 0 fully saturated rings. The minimum Gasteiger partial charge on any atom is -0.478 e. The molecule has 0 aliphatic carbocycles. The minimum absolute atomic E-state index is 0.106. The summed E-state index contributed by atoms with van der Waals surface area (Å²) in [6, 6.07) is 8.67. The Morgan fingerprint density at radius 1 is 1.35 bits per heavy atom. The van der Waals surface area contributed by atoms with Crippen LogP contribution in [0, 0.1) is 6.92 Å². The Kier molecular flexibility index (Phi) is 4.81. The van der Waals surface area contributed by atoms with E-state index >= 15 is 0 Å². The molecule has 4 nitrogen and oxygen atoms in total. The summed E-state index contributed by atoms with van der Waals surface area (Å²) in [6.45, 7) is 1.71. The summed E-state index contributed by atoms with van der Waals surface area (Å²) in [5.41, 5.74) is 1.49. The summed E-state index contributed by atoms with van der Waals surface area (Å²) in [4.78, 5) is 22.7. The molecule has 2 N–H and O–H groups in total. The quantitative estimate of drug-likeness (QED) is 0.830. The molecule has 0 spiro atoms. The number of hydrogen-bond acceptors (Lipinski definition) is 4. The third kappa shape index (κ3) is 3.85. The van der Waals surface area contributed by atoms with Gasteiger partial charge in [-0.3, -0.25) is 4.79 Å². The Morgan fingerprint density at radius 2 is 2.15 bits per heavy atom. The van der Waals surface area contributed by atoms with E-state index in [1.54, 1.807) is 30.4 Å². The Hall–Kier alpha value is -1.79. The molecule has 1 aromatic carbocycles. The highest BCUT2D eigenvalue weighted by molar-refractivity contribution is 8.01. The maximum Gasteiger partial charge on any atom is 0.335 e. The maximum absolute atomic E-state index is 11.8. The molecule has 104 valence electrons. The van der Waals surface area contributed by atoms with E-state index in [1.165, 1.54) is 17.8 Å². The number of carboxylic acids is 1. The van der Waals surface area contributed by atoms with Gasteiger partial charge >= 0.3 is 5.97 Å². The van der Waals surface area contributed by atoms with Crippen LogP contribution < -0.4 is 5.32 Å². The first kappa shape index (κ1) is 14.6. The number of aryl methyl sites for hydroxylation is 1. The molecule has 0 atom stereocenters. The first-order valence-corrected chi connectivity index (χ1v) is 7.73. The van der Waals surface area contributed by atoms with Gasteiger partial charge in [0.25, 0.3) is 0 Å². The van der Waals surface area contributed by atoms with Gasteiger partial charge in [0.05, 0.1) is 15.5 Å².